The van der Waals surface area contributed by atoms with Gasteiger partial charge in [-0.15, -0.1) is 0 Å². The molecule has 0 aliphatic heterocycles. The lowest BCUT2D eigenvalue weighted by Crippen LogP contribution is -1.87. The quantitative estimate of drug-likeness (QED) is 0.635. The van der Waals surface area contributed by atoms with Crippen molar-refractivity contribution in [2.75, 3.05) is 0 Å². The van der Waals surface area contributed by atoms with E-state index in [2.05, 4.69) is 0 Å². The van der Waals surface area contributed by atoms with Gasteiger partial charge in [0, 0.05) is 10.8 Å². The van der Waals surface area contributed by atoms with Gasteiger partial charge in [0.25, 0.3) is 10.1 Å². The molecule has 0 bridgehead atoms. The second-order valence-corrected chi connectivity index (χ2v) is 5.11. The van der Waals surface area contributed by atoms with E-state index < -0.39 is 32.1 Å². The molecular formula is C8H4ClFN2O6S2. The van der Waals surface area contributed by atoms with Crippen molar-refractivity contribution < 1.29 is 24.5 Å². The maximum Gasteiger partial charge on any atom is 0.357 e. The van der Waals surface area contributed by atoms with Crippen LogP contribution in [0.25, 0.3) is 0 Å². The van der Waals surface area contributed by atoms with Crippen LogP contribution in [0.4, 0.5) is 15.8 Å². The van der Waals surface area contributed by atoms with E-state index in [1.807, 2.05) is 0 Å². The lowest BCUT2D eigenvalue weighted by atomic mass is 10.5. The van der Waals surface area contributed by atoms with E-state index in [0.717, 1.165) is 16.7 Å². The first-order valence-corrected chi connectivity index (χ1v) is 6.60. The molecule has 108 valence electrons. The van der Waals surface area contributed by atoms with Crippen molar-refractivity contribution >= 4 is 45.6 Å². The molecule has 0 amide bonds. The van der Waals surface area contributed by atoms with Crippen molar-refractivity contribution in [2.24, 2.45) is 0 Å². The van der Waals surface area contributed by atoms with E-state index in [9.17, 15) is 24.6 Å². The first kappa shape index (κ1) is 16.1. The summed E-state index contributed by atoms with van der Waals surface area (Å²) in [5.41, 5.74) is -1.25. The summed E-state index contributed by atoms with van der Waals surface area (Å²) in [6.07, 6.45) is 0. The van der Waals surface area contributed by atoms with Gasteiger partial charge < -0.3 is 10.2 Å². The zero-order chi connectivity index (χ0) is 15.4. The van der Waals surface area contributed by atoms with Crippen molar-refractivity contribution in [1.29, 1.82) is 0 Å². The molecule has 2 rings (SSSR count). The molecule has 0 unspecified atom stereocenters. The van der Waals surface area contributed by atoms with Crippen molar-refractivity contribution in [3.05, 3.63) is 41.8 Å². The highest BCUT2D eigenvalue weighted by atomic mass is 35.5. The van der Waals surface area contributed by atoms with Crippen LogP contribution in [-0.2, 0) is 0 Å². The lowest BCUT2D eigenvalue weighted by molar-refractivity contribution is -0.388. The second-order valence-electron chi connectivity index (χ2n) is 2.99. The molecule has 0 radical (unpaired) electrons. The molecular weight excluding hydrogens is 339 g/mol. The maximum atomic E-state index is 12.3. The van der Waals surface area contributed by atoms with Crippen LogP contribution in [0.5, 0.6) is 10.1 Å². The molecule has 0 aromatic carbocycles. The van der Waals surface area contributed by atoms with E-state index in [1.165, 1.54) is 5.38 Å². The summed E-state index contributed by atoms with van der Waals surface area (Å²) in [5.74, 6) is -0.993. The van der Waals surface area contributed by atoms with Crippen LogP contribution in [0.3, 0.4) is 0 Å². The fourth-order valence-corrected chi connectivity index (χ4v) is 2.55. The predicted octanol–water partition coefficient (Wildman–Crippen LogP) is 3.52. The van der Waals surface area contributed by atoms with Crippen LogP contribution >= 0.6 is 34.3 Å². The van der Waals surface area contributed by atoms with Gasteiger partial charge in [-0.25, -0.2) is 0 Å². The highest BCUT2D eigenvalue weighted by molar-refractivity contribution is 7.13. The number of aromatic hydroxyl groups is 2. The minimum Gasteiger partial charge on any atom is -0.495 e. The van der Waals surface area contributed by atoms with Crippen LogP contribution in [0.2, 0.25) is 5.02 Å². The fraction of sp³-hybridized carbons (Fsp3) is 0. The Morgan fingerprint density at radius 2 is 1.50 bits per heavy atom. The molecule has 2 N–H and O–H groups in total. The zero-order valence-electron chi connectivity index (χ0n) is 9.15. The monoisotopic (exact) mass is 342 g/mol. The molecule has 0 fully saturated rings. The van der Waals surface area contributed by atoms with E-state index in [0.29, 0.717) is 11.3 Å². The molecule has 0 saturated carbocycles. The summed E-state index contributed by atoms with van der Waals surface area (Å²) in [5, 5.41) is 38.6. The molecule has 0 aliphatic carbocycles. The Morgan fingerprint density at radius 1 is 1.05 bits per heavy atom. The van der Waals surface area contributed by atoms with E-state index in [4.69, 9.17) is 21.8 Å². The Labute approximate surface area is 122 Å². The van der Waals surface area contributed by atoms with Gasteiger partial charge in [0.2, 0.25) is 5.82 Å². The number of hydrogen-bond acceptors (Lipinski definition) is 8. The van der Waals surface area contributed by atoms with Crippen LogP contribution in [0, 0.1) is 26.0 Å². The summed E-state index contributed by atoms with van der Waals surface area (Å²) in [4.78, 5) is 18.3. The van der Waals surface area contributed by atoms with Gasteiger partial charge in [-0.3, -0.25) is 20.2 Å². The average Bonchev–Trinajstić information content (AvgIpc) is 2.83. The Kier molecular flexibility index (Phi) is 5.19. The molecule has 0 atom stereocenters. The highest BCUT2D eigenvalue weighted by Crippen LogP contribution is 2.39. The molecule has 2 aromatic heterocycles. The van der Waals surface area contributed by atoms with Crippen LogP contribution < -0.4 is 0 Å². The van der Waals surface area contributed by atoms with E-state index in [1.54, 1.807) is 0 Å². The molecule has 8 nitrogen and oxygen atoms in total. The standard InChI is InChI=1S/C4H2ClNO3S.C4H2FNO3S/c2*5-2-1-10-4(7)3(2)6(8)9/h2*1,7H. The number of nitro groups is 2. The molecule has 12 heteroatoms. The molecule has 0 aliphatic rings. The van der Waals surface area contributed by atoms with Gasteiger partial charge in [0.05, 0.1) is 9.85 Å². The predicted molar refractivity (Wildman–Crippen MR) is 70.2 cm³/mol. The minimum absolute atomic E-state index is 0.0208. The number of halogens is 2. The lowest BCUT2D eigenvalue weighted by Gasteiger charge is -1.85. The number of thiophene rings is 2. The number of hydrogen-bond donors (Lipinski definition) is 2. The van der Waals surface area contributed by atoms with Gasteiger partial charge in [-0.2, -0.15) is 4.39 Å². The van der Waals surface area contributed by atoms with Crippen LogP contribution in [-0.4, -0.2) is 20.1 Å². The Balaban J connectivity index is 0.000000200. The summed E-state index contributed by atoms with van der Waals surface area (Å²) in [6.45, 7) is 0. The van der Waals surface area contributed by atoms with E-state index >= 15 is 0 Å². The third kappa shape index (κ3) is 3.53. The smallest absolute Gasteiger partial charge is 0.357 e. The zero-order valence-corrected chi connectivity index (χ0v) is 11.5. The Bertz CT molecular complexity index is 562. The van der Waals surface area contributed by atoms with Crippen LogP contribution in [0.15, 0.2) is 10.8 Å². The topological polar surface area (TPSA) is 127 Å². The van der Waals surface area contributed by atoms with E-state index in [-0.39, 0.29) is 10.1 Å². The summed E-state index contributed by atoms with van der Waals surface area (Å²) in [6, 6.07) is 0. The summed E-state index contributed by atoms with van der Waals surface area (Å²) in [7, 11) is 0. The maximum absolute atomic E-state index is 12.3. The van der Waals surface area contributed by atoms with Crippen molar-refractivity contribution in [1.82, 2.24) is 0 Å². The van der Waals surface area contributed by atoms with Crippen LogP contribution in [0.1, 0.15) is 0 Å². The second kappa shape index (κ2) is 6.45. The Morgan fingerprint density at radius 3 is 1.70 bits per heavy atom. The van der Waals surface area contributed by atoms with Gasteiger partial charge in [0.15, 0.2) is 0 Å². The minimum atomic E-state index is -0.993. The largest absolute Gasteiger partial charge is 0.495 e. The number of nitrogens with zero attached hydrogens (tertiary/aromatic N) is 2. The van der Waals surface area contributed by atoms with Crippen molar-refractivity contribution in [2.45, 2.75) is 0 Å². The Hall–Kier alpha value is -1.98. The molecule has 0 spiro atoms. The normalized spacial score (nSPS) is 9.70. The average molecular weight is 343 g/mol. The fourth-order valence-electron chi connectivity index (χ4n) is 0.973. The van der Waals surface area contributed by atoms with Gasteiger partial charge >= 0.3 is 11.4 Å². The van der Waals surface area contributed by atoms with Gasteiger partial charge in [-0.1, -0.05) is 34.3 Å². The van der Waals surface area contributed by atoms with Gasteiger partial charge in [0.1, 0.15) is 5.02 Å². The highest BCUT2D eigenvalue weighted by Gasteiger charge is 2.22. The van der Waals surface area contributed by atoms with Crippen molar-refractivity contribution in [3.63, 3.8) is 0 Å². The SMILES string of the molecule is O=[N+]([O-])c1c(Cl)csc1O.O=[N+]([O-])c1c(F)csc1O. The summed E-state index contributed by atoms with van der Waals surface area (Å²) < 4.78 is 12.3. The first-order valence-electron chi connectivity index (χ1n) is 4.46. The molecule has 0 saturated heterocycles. The number of rotatable bonds is 2. The van der Waals surface area contributed by atoms with Crippen molar-refractivity contribution in [3.8, 4) is 10.1 Å². The third-order valence-corrected chi connectivity index (χ3v) is 3.70. The molecule has 20 heavy (non-hydrogen) atoms. The molecule has 2 aromatic rings. The van der Waals surface area contributed by atoms with Gasteiger partial charge in [-0.05, 0) is 0 Å². The molecule has 2 heterocycles. The first-order chi connectivity index (χ1) is 9.25. The third-order valence-electron chi connectivity index (χ3n) is 1.77. The summed E-state index contributed by atoms with van der Waals surface area (Å²) >= 11 is 6.79.